The molecule has 2 unspecified atom stereocenters. The van der Waals surface area contributed by atoms with Gasteiger partial charge in [-0.15, -0.1) is 0 Å². The summed E-state index contributed by atoms with van der Waals surface area (Å²) in [4.78, 5) is 14.0. The zero-order valence-corrected chi connectivity index (χ0v) is 15.3. The van der Waals surface area contributed by atoms with Crippen molar-refractivity contribution in [2.24, 2.45) is 29.0 Å². The smallest absolute Gasteiger partial charge is 0.252 e. The Bertz CT molecular complexity index is 609. The van der Waals surface area contributed by atoms with E-state index in [2.05, 4.69) is 4.90 Å². The Kier molecular flexibility index (Phi) is 5.41. The summed E-state index contributed by atoms with van der Waals surface area (Å²) < 4.78 is 11.5. The molecule has 2 aliphatic heterocycles. The summed E-state index contributed by atoms with van der Waals surface area (Å²) in [5.74, 6) is -0.0931. The van der Waals surface area contributed by atoms with Gasteiger partial charge < -0.3 is 26.7 Å². The van der Waals surface area contributed by atoms with Gasteiger partial charge in [0.25, 0.3) is 5.91 Å². The van der Waals surface area contributed by atoms with Crippen LogP contribution in [0.2, 0.25) is 0 Å². The zero-order chi connectivity index (χ0) is 18.2. The number of fused-ring (bicyclic) bond motifs is 1. The van der Waals surface area contributed by atoms with Crippen molar-refractivity contribution >= 4 is 17.5 Å². The molecule has 0 bridgehead atoms. The lowest BCUT2D eigenvalue weighted by Crippen LogP contribution is -2.63. The van der Waals surface area contributed by atoms with Gasteiger partial charge >= 0.3 is 0 Å². The topological polar surface area (TPSA) is 117 Å². The van der Waals surface area contributed by atoms with E-state index in [0.29, 0.717) is 35.9 Å². The van der Waals surface area contributed by atoms with Crippen molar-refractivity contribution in [3.63, 3.8) is 0 Å². The van der Waals surface area contributed by atoms with Crippen molar-refractivity contribution in [2.45, 2.75) is 24.5 Å². The number of methoxy groups -OCH3 is 1. The van der Waals surface area contributed by atoms with Gasteiger partial charge in [0, 0.05) is 43.6 Å². The molecule has 3 aliphatic rings. The number of rotatable bonds is 5. The molecule has 4 atom stereocenters. The Balaban J connectivity index is 1.93. The van der Waals surface area contributed by atoms with Gasteiger partial charge in [-0.2, -0.15) is 0 Å². The SMILES string of the molecule is CO[C@@H]1CN(CCN)CC[C@@H]1C1(N)C(Cl)=CC(C(N)=O)=C2OCCC21. The molecule has 0 aromatic carbocycles. The highest BCUT2D eigenvalue weighted by atomic mass is 35.5. The first-order chi connectivity index (χ1) is 11.9. The Morgan fingerprint density at radius 1 is 1.52 bits per heavy atom. The molecule has 0 aromatic rings. The number of amides is 1. The molecule has 2 saturated heterocycles. The van der Waals surface area contributed by atoms with Gasteiger partial charge in [0.15, 0.2) is 0 Å². The Morgan fingerprint density at radius 2 is 2.28 bits per heavy atom. The van der Waals surface area contributed by atoms with Crippen LogP contribution in [0.5, 0.6) is 0 Å². The molecule has 8 heteroatoms. The molecule has 1 aliphatic carbocycles. The van der Waals surface area contributed by atoms with Crippen LogP contribution < -0.4 is 17.2 Å². The summed E-state index contributed by atoms with van der Waals surface area (Å²) in [5, 5.41) is 0.458. The predicted octanol–water partition coefficient (Wildman–Crippen LogP) is -0.108. The fourth-order valence-electron chi connectivity index (χ4n) is 4.51. The lowest BCUT2D eigenvalue weighted by molar-refractivity contribution is -0.114. The third-order valence-corrected chi connectivity index (χ3v) is 6.21. The fourth-order valence-corrected chi connectivity index (χ4v) is 4.89. The minimum atomic E-state index is -0.818. The van der Waals surface area contributed by atoms with Gasteiger partial charge in [0.2, 0.25) is 0 Å². The highest BCUT2D eigenvalue weighted by Gasteiger charge is 2.55. The molecule has 2 fully saturated rings. The van der Waals surface area contributed by atoms with Gasteiger partial charge in [0.1, 0.15) is 5.76 Å². The minimum Gasteiger partial charge on any atom is -0.497 e. The Morgan fingerprint density at radius 3 is 2.92 bits per heavy atom. The number of likely N-dealkylation sites (tertiary alicyclic amines) is 1. The predicted molar refractivity (Wildman–Crippen MR) is 95.5 cm³/mol. The van der Waals surface area contributed by atoms with E-state index in [4.69, 9.17) is 38.3 Å². The molecule has 3 rings (SSSR count). The standard InChI is InChI=1S/C17H27ClN4O3/c1-24-13-9-22(6-4-19)5-2-11(13)17(21)12-3-7-25-15(12)10(16(20)23)8-14(17)18/h8,11-13H,2-7,9,19,21H2,1H3,(H2,20,23)/t11-,12?,13+,17?/m0/s1. The number of primary amides is 1. The van der Waals surface area contributed by atoms with Crippen LogP contribution in [-0.4, -0.2) is 62.3 Å². The summed E-state index contributed by atoms with van der Waals surface area (Å²) in [7, 11) is 1.70. The molecule has 2 heterocycles. The van der Waals surface area contributed by atoms with Gasteiger partial charge in [-0.3, -0.25) is 9.69 Å². The second kappa shape index (κ2) is 7.25. The van der Waals surface area contributed by atoms with E-state index in [9.17, 15) is 4.79 Å². The second-order valence-corrected chi connectivity index (χ2v) is 7.42. The van der Waals surface area contributed by atoms with Crippen LogP contribution in [0.15, 0.2) is 22.4 Å². The summed E-state index contributed by atoms with van der Waals surface area (Å²) in [6.45, 7) is 3.60. The van der Waals surface area contributed by atoms with Gasteiger partial charge in [-0.1, -0.05) is 11.6 Å². The summed E-state index contributed by atoms with van der Waals surface area (Å²) >= 11 is 6.63. The molecular formula is C17H27ClN4O3. The number of nitrogens with zero attached hydrogens (tertiary/aromatic N) is 1. The summed E-state index contributed by atoms with van der Waals surface area (Å²) in [6.07, 6.45) is 3.07. The first kappa shape index (κ1) is 18.7. The number of carbonyl (C=O) groups is 1. The van der Waals surface area contributed by atoms with Crippen LogP contribution in [0, 0.1) is 11.8 Å². The molecule has 140 valence electrons. The average molecular weight is 371 g/mol. The maximum Gasteiger partial charge on any atom is 0.252 e. The molecular weight excluding hydrogens is 344 g/mol. The number of halogens is 1. The minimum absolute atomic E-state index is 0.0198. The van der Waals surface area contributed by atoms with Crippen molar-refractivity contribution in [1.82, 2.24) is 4.90 Å². The van der Waals surface area contributed by atoms with E-state index in [1.807, 2.05) is 0 Å². The zero-order valence-electron chi connectivity index (χ0n) is 14.5. The van der Waals surface area contributed by atoms with Gasteiger partial charge in [-0.25, -0.2) is 0 Å². The van der Waals surface area contributed by atoms with Crippen LogP contribution in [0.25, 0.3) is 0 Å². The molecule has 0 spiro atoms. The van der Waals surface area contributed by atoms with Crippen molar-refractivity contribution < 1.29 is 14.3 Å². The van der Waals surface area contributed by atoms with Crippen molar-refractivity contribution in [3.05, 3.63) is 22.4 Å². The fraction of sp³-hybridized carbons (Fsp3) is 0.706. The van der Waals surface area contributed by atoms with Crippen molar-refractivity contribution in [1.29, 1.82) is 0 Å². The second-order valence-electron chi connectivity index (χ2n) is 7.02. The summed E-state index contributed by atoms with van der Waals surface area (Å²) in [6, 6.07) is 0. The van der Waals surface area contributed by atoms with Crippen LogP contribution in [0.4, 0.5) is 0 Å². The van der Waals surface area contributed by atoms with E-state index >= 15 is 0 Å². The van der Waals surface area contributed by atoms with E-state index < -0.39 is 11.4 Å². The third-order valence-electron chi connectivity index (χ3n) is 5.78. The lowest BCUT2D eigenvalue weighted by Gasteiger charge is -2.50. The Labute approximate surface area is 153 Å². The van der Waals surface area contributed by atoms with E-state index in [1.54, 1.807) is 13.2 Å². The van der Waals surface area contributed by atoms with Crippen molar-refractivity contribution in [2.75, 3.05) is 39.9 Å². The molecule has 7 nitrogen and oxygen atoms in total. The van der Waals surface area contributed by atoms with E-state index in [-0.39, 0.29) is 17.9 Å². The molecule has 0 saturated carbocycles. The third kappa shape index (κ3) is 3.08. The average Bonchev–Trinajstić information content (AvgIpc) is 3.08. The number of hydrogen-bond acceptors (Lipinski definition) is 6. The molecule has 6 N–H and O–H groups in total. The van der Waals surface area contributed by atoms with Crippen LogP contribution in [-0.2, 0) is 14.3 Å². The largest absolute Gasteiger partial charge is 0.497 e. The van der Waals surface area contributed by atoms with Crippen LogP contribution in [0.3, 0.4) is 0 Å². The number of hydrogen-bond donors (Lipinski definition) is 3. The Hall–Kier alpha value is -1.12. The molecule has 0 radical (unpaired) electrons. The van der Waals surface area contributed by atoms with E-state index in [1.165, 1.54) is 0 Å². The first-order valence-electron chi connectivity index (χ1n) is 8.72. The monoisotopic (exact) mass is 370 g/mol. The van der Waals surface area contributed by atoms with Crippen LogP contribution >= 0.6 is 11.6 Å². The number of piperidine rings is 1. The number of ether oxygens (including phenoxy) is 2. The first-order valence-corrected chi connectivity index (χ1v) is 9.09. The van der Waals surface area contributed by atoms with Gasteiger partial charge in [0.05, 0.1) is 23.8 Å². The normalized spacial score (nSPS) is 36.0. The summed E-state index contributed by atoms with van der Waals surface area (Å²) in [5.41, 5.74) is 17.6. The van der Waals surface area contributed by atoms with Crippen molar-refractivity contribution in [3.8, 4) is 0 Å². The highest BCUT2D eigenvalue weighted by Crippen LogP contribution is 2.50. The number of nitrogens with two attached hydrogens (primary N) is 3. The maximum absolute atomic E-state index is 11.8. The van der Waals surface area contributed by atoms with E-state index in [0.717, 1.165) is 26.1 Å². The lowest BCUT2D eigenvalue weighted by atomic mass is 9.65. The molecule has 1 amide bonds. The maximum atomic E-state index is 11.8. The quantitative estimate of drug-likeness (QED) is 0.621. The van der Waals surface area contributed by atoms with Crippen LogP contribution in [0.1, 0.15) is 12.8 Å². The molecule has 0 aromatic heterocycles. The highest BCUT2D eigenvalue weighted by molar-refractivity contribution is 6.31. The number of carbonyl (C=O) groups excluding carboxylic acids is 1. The van der Waals surface area contributed by atoms with Gasteiger partial charge in [-0.05, 0) is 25.5 Å². The molecule has 25 heavy (non-hydrogen) atoms.